The highest BCUT2D eigenvalue weighted by atomic mass is 32.2. The van der Waals surface area contributed by atoms with Gasteiger partial charge < -0.3 is 20.9 Å². The summed E-state index contributed by atoms with van der Waals surface area (Å²) in [6, 6.07) is 12.8. The second kappa shape index (κ2) is 10.7. The summed E-state index contributed by atoms with van der Waals surface area (Å²) in [5, 5.41) is 15.8. The molecule has 0 heterocycles. The van der Waals surface area contributed by atoms with Crippen LogP contribution in [0.3, 0.4) is 0 Å². The zero-order valence-corrected chi connectivity index (χ0v) is 19.8. The fourth-order valence-electron chi connectivity index (χ4n) is 2.91. The van der Waals surface area contributed by atoms with E-state index < -0.39 is 32.6 Å². The van der Waals surface area contributed by atoms with E-state index in [1.807, 2.05) is 0 Å². The summed E-state index contributed by atoms with van der Waals surface area (Å²) >= 11 is 0. The number of nitrogen functional groups attached to an aromatic ring is 2. The van der Waals surface area contributed by atoms with Gasteiger partial charge in [-0.2, -0.15) is 18.6 Å². The molecular weight excluding hydrogens is 492 g/mol. The van der Waals surface area contributed by atoms with Crippen LogP contribution in [0.25, 0.3) is 0 Å². The molecule has 13 nitrogen and oxygen atoms in total. The van der Waals surface area contributed by atoms with Crippen molar-refractivity contribution in [3.63, 3.8) is 0 Å². The lowest BCUT2D eigenvalue weighted by atomic mass is 10.2. The molecule has 0 aliphatic heterocycles. The van der Waals surface area contributed by atoms with Gasteiger partial charge in [-0.1, -0.05) is 12.1 Å². The van der Waals surface area contributed by atoms with Gasteiger partial charge in [-0.3, -0.25) is 4.55 Å². The van der Waals surface area contributed by atoms with Crippen molar-refractivity contribution < 1.29 is 32.0 Å². The predicted octanol–water partition coefficient (Wildman–Crippen LogP) is 4.50. The maximum Gasteiger partial charge on any atom is 0.337 e. The monoisotopic (exact) mass is 512 g/mol. The summed E-state index contributed by atoms with van der Waals surface area (Å²) in [4.78, 5) is 22.7. The number of nitrogens with zero attached hydrogens (tertiary/aromatic N) is 4. The smallest absolute Gasteiger partial charge is 0.337 e. The number of carbonyl (C=O) groups is 2. The standard InChI is InChI=1S/C22H20N6O7S/c1-34-21(29)12-5-3-7-14(9-12)25-27-16-11-17(36(31,32)33)19(24)20(18(16)23)28-26-15-8-4-6-13(10-15)22(30)35-2/h3-11H,23-24H2,1-2H3,(H,31,32,33)/b27-25+,28-26+. The largest absolute Gasteiger partial charge is 0.465 e. The third-order valence-corrected chi connectivity index (χ3v) is 5.56. The second-order valence-corrected chi connectivity index (χ2v) is 8.42. The summed E-state index contributed by atoms with van der Waals surface area (Å²) < 4.78 is 42.8. The van der Waals surface area contributed by atoms with E-state index >= 15 is 0 Å². The third kappa shape index (κ3) is 5.86. The Balaban J connectivity index is 2.08. The molecule has 0 unspecified atom stereocenters. The minimum atomic E-state index is -4.81. The van der Waals surface area contributed by atoms with E-state index in [2.05, 4.69) is 29.9 Å². The number of rotatable bonds is 7. The van der Waals surface area contributed by atoms with Crippen molar-refractivity contribution in [2.45, 2.75) is 4.90 Å². The van der Waals surface area contributed by atoms with Crippen LogP contribution in [0.2, 0.25) is 0 Å². The van der Waals surface area contributed by atoms with Gasteiger partial charge in [0.25, 0.3) is 10.1 Å². The molecular formula is C22H20N6O7S. The lowest BCUT2D eigenvalue weighted by molar-refractivity contribution is 0.0592. The normalized spacial score (nSPS) is 11.6. The van der Waals surface area contributed by atoms with Gasteiger partial charge in [0.15, 0.2) is 0 Å². The van der Waals surface area contributed by atoms with E-state index in [0.717, 1.165) is 6.07 Å². The molecule has 3 rings (SSSR count). The Morgan fingerprint density at radius 3 is 1.75 bits per heavy atom. The van der Waals surface area contributed by atoms with Crippen LogP contribution in [-0.4, -0.2) is 39.1 Å². The minimum Gasteiger partial charge on any atom is -0.465 e. The molecule has 3 aromatic carbocycles. The zero-order chi connectivity index (χ0) is 26.5. The first-order valence-corrected chi connectivity index (χ1v) is 11.4. The molecule has 0 bridgehead atoms. The van der Waals surface area contributed by atoms with Gasteiger partial charge in [0.1, 0.15) is 16.3 Å². The van der Waals surface area contributed by atoms with Crippen LogP contribution in [-0.2, 0) is 19.6 Å². The first-order chi connectivity index (χ1) is 17.0. The molecule has 5 N–H and O–H groups in total. The van der Waals surface area contributed by atoms with E-state index in [0.29, 0.717) is 0 Å². The minimum absolute atomic E-state index is 0.194. The number of benzene rings is 3. The number of esters is 2. The average Bonchev–Trinajstić information content (AvgIpc) is 2.86. The lowest BCUT2D eigenvalue weighted by Gasteiger charge is -2.10. The Kier molecular flexibility index (Phi) is 7.71. The highest BCUT2D eigenvalue weighted by Gasteiger charge is 2.22. The SMILES string of the molecule is COC(=O)c1cccc(/N=N/c2cc(S(=O)(=O)O)c(N)c(/N=N/c3cccc(C(=O)OC)c3)c2N)c1. The summed E-state index contributed by atoms with van der Waals surface area (Å²) in [6.45, 7) is 0. The van der Waals surface area contributed by atoms with E-state index in [-0.39, 0.29) is 39.6 Å². The summed E-state index contributed by atoms with van der Waals surface area (Å²) in [7, 11) is -2.36. The average molecular weight is 513 g/mol. The Bertz CT molecular complexity index is 1500. The maximum absolute atomic E-state index is 11.9. The fourth-order valence-corrected chi connectivity index (χ4v) is 3.55. The summed E-state index contributed by atoms with van der Waals surface area (Å²) in [6.07, 6.45) is 0. The summed E-state index contributed by atoms with van der Waals surface area (Å²) in [5.41, 5.74) is 11.7. The number of azo groups is 2. The first-order valence-electron chi connectivity index (χ1n) is 9.94. The van der Waals surface area contributed by atoms with E-state index in [1.165, 1.54) is 56.7 Å². The van der Waals surface area contributed by atoms with Gasteiger partial charge in [-0.05, 0) is 42.5 Å². The number of carbonyl (C=O) groups excluding carboxylic acids is 2. The van der Waals surface area contributed by atoms with Crippen molar-refractivity contribution in [3.8, 4) is 0 Å². The molecule has 186 valence electrons. The van der Waals surface area contributed by atoms with E-state index in [1.54, 1.807) is 6.07 Å². The Morgan fingerprint density at radius 1 is 0.778 bits per heavy atom. The lowest BCUT2D eigenvalue weighted by Crippen LogP contribution is -2.05. The molecule has 0 aromatic heterocycles. The van der Waals surface area contributed by atoms with Gasteiger partial charge in [0, 0.05) is 0 Å². The topological polar surface area (TPSA) is 208 Å². The molecule has 0 atom stereocenters. The first kappa shape index (κ1) is 25.9. The number of hydrogen-bond donors (Lipinski definition) is 3. The van der Waals surface area contributed by atoms with Crippen molar-refractivity contribution in [1.82, 2.24) is 0 Å². The van der Waals surface area contributed by atoms with Crippen LogP contribution < -0.4 is 11.5 Å². The number of anilines is 2. The molecule has 36 heavy (non-hydrogen) atoms. The van der Waals surface area contributed by atoms with Crippen LogP contribution >= 0.6 is 0 Å². The third-order valence-electron chi connectivity index (χ3n) is 4.67. The summed E-state index contributed by atoms with van der Waals surface area (Å²) in [5.74, 6) is -1.19. The molecule has 0 aliphatic carbocycles. The molecule has 0 spiro atoms. The van der Waals surface area contributed by atoms with Crippen LogP contribution in [0.5, 0.6) is 0 Å². The molecule has 3 aromatic rings. The Hall–Kier alpha value is -4.69. The number of hydrogen-bond acceptors (Lipinski definition) is 12. The molecule has 0 aliphatic rings. The Morgan fingerprint density at radius 2 is 1.28 bits per heavy atom. The van der Waals surface area contributed by atoms with Gasteiger partial charge in [-0.15, -0.1) is 10.2 Å². The molecule has 0 amide bonds. The van der Waals surface area contributed by atoms with Gasteiger partial charge in [0.2, 0.25) is 0 Å². The van der Waals surface area contributed by atoms with Gasteiger partial charge in [0.05, 0.1) is 48.1 Å². The predicted molar refractivity (Wildman–Crippen MR) is 129 cm³/mol. The van der Waals surface area contributed by atoms with Crippen molar-refractivity contribution in [3.05, 3.63) is 65.7 Å². The highest BCUT2D eigenvalue weighted by Crippen LogP contribution is 2.43. The van der Waals surface area contributed by atoms with Crippen molar-refractivity contribution in [2.24, 2.45) is 20.5 Å². The molecule has 0 fully saturated rings. The zero-order valence-electron chi connectivity index (χ0n) is 18.9. The van der Waals surface area contributed by atoms with E-state index in [9.17, 15) is 22.6 Å². The van der Waals surface area contributed by atoms with Crippen molar-refractivity contribution >= 4 is 56.2 Å². The fraction of sp³-hybridized carbons (Fsp3) is 0.0909. The van der Waals surface area contributed by atoms with Crippen LogP contribution in [0, 0.1) is 0 Å². The molecule has 0 saturated heterocycles. The van der Waals surface area contributed by atoms with Crippen molar-refractivity contribution in [1.29, 1.82) is 0 Å². The maximum atomic E-state index is 11.9. The Labute approximate surface area is 205 Å². The molecule has 14 heteroatoms. The van der Waals surface area contributed by atoms with E-state index in [4.69, 9.17) is 11.5 Å². The van der Waals surface area contributed by atoms with Crippen LogP contribution in [0.15, 0.2) is 79.9 Å². The molecule has 0 radical (unpaired) electrons. The number of ether oxygens (including phenoxy) is 2. The number of nitrogens with two attached hydrogens (primary N) is 2. The van der Waals surface area contributed by atoms with Crippen LogP contribution in [0.1, 0.15) is 20.7 Å². The second-order valence-electron chi connectivity index (χ2n) is 7.03. The van der Waals surface area contributed by atoms with Crippen molar-refractivity contribution in [2.75, 3.05) is 25.7 Å². The highest BCUT2D eigenvalue weighted by molar-refractivity contribution is 7.86. The van der Waals surface area contributed by atoms with Gasteiger partial charge >= 0.3 is 11.9 Å². The molecule has 0 saturated carbocycles. The van der Waals surface area contributed by atoms with Gasteiger partial charge in [-0.25, -0.2) is 9.59 Å². The number of methoxy groups -OCH3 is 2. The quantitative estimate of drug-likeness (QED) is 0.176. The van der Waals surface area contributed by atoms with Crippen LogP contribution in [0.4, 0.5) is 34.1 Å².